The molecule has 122 valence electrons. The number of benzene rings is 1. The van der Waals surface area contributed by atoms with Gasteiger partial charge >= 0.3 is 0 Å². The minimum Gasteiger partial charge on any atom is -0.497 e. The summed E-state index contributed by atoms with van der Waals surface area (Å²) in [7, 11) is 4.10. The van der Waals surface area contributed by atoms with Gasteiger partial charge in [-0.2, -0.15) is 0 Å². The van der Waals surface area contributed by atoms with E-state index in [4.69, 9.17) is 9.26 Å². The van der Waals surface area contributed by atoms with Gasteiger partial charge in [0.1, 0.15) is 5.75 Å². The average molecular weight is 330 g/mol. The fourth-order valence-electron chi connectivity index (χ4n) is 5.06. The molecule has 0 radical (unpaired) electrons. The third-order valence-corrected chi connectivity index (χ3v) is 6.55. The third kappa shape index (κ3) is 2.13. The first kappa shape index (κ1) is 15.4. The average Bonchev–Trinajstić information content (AvgIpc) is 2.89. The van der Waals surface area contributed by atoms with Gasteiger partial charge in [-0.3, -0.25) is 4.79 Å². The molecule has 3 nitrogen and oxygen atoms in total. The van der Waals surface area contributed by atoms with Gasteiger partial charge in [0.15, 0.2) is 5.78 Å². The number of aryl methyl sites for hydroxylation is 1. The van der Waals surface area contributed by atoms with Gasteiger partial charge in [0.05, 0.1) is 13.2 Å². The first-order valence-corrected chi connectivity index (χ1v) is 8.84. The molecule has 0 aromatic heterocycles. The highest BCUT2D eigenvalue weighted by Gasteiger charge is 2.53. The summed E-state index contributed by atoms with van der Waals surface area (Å²) in [5.41, 5.74) is 4.72. The van der Waals surface area contributed by atoms with Crippen LogP contribution in [0.2, 0.25) is 0 Å². The molecule has 23 heavy (non-hydrogen) atoms. The van der Waals surface area contributed by atoms with E-state index in [0.717, 1.165) is 42.6 Å². The maximum absolute atomic E-state index is 13.0. The highest BCUT2D eigenvalue weighted by Crippen LogP contribution is 2.58. The molecule has 0 N–H and O–H groups in total. The molecule has 4 heteroatoms. The van der Waals surface area contributed by atoms with Gasteiger partial charge in [0, 0.05) is 26.9 Å². The van der Waals surface area contributed by atoms with Crippen molar-refractivity contribution in [2.75, 3.05) is 7.11 Å². The van der Waals surface area contributed by atoms with Gasteiger partial charge < -0.3 is 9.26 Å². The molecule has 1 aromatic rings. The van der Waals surface area contributed by atoms with E-state index in [1.807, 2.05) is 6.07 Å². The van der Waals surface area contributed by atoms with Gasteiger partial charge in [-0.15, -0.1) is 0 Å². The van der Waals surface area contributed by atoms with Crippen molar-refractivity contribution < 1.29 is 14.1 Å². The van der Waals surface area contributed by atoms with Crippen LogP contribution >= 0.6 is 9.47 Å². The van der Waals surface area contributed by atoms with Crippen LogP contribution in [0, 0.1) is 11.3 Å². The number of carbonyl (C=O) groups is 1. The van der Waals surface area contributed by atoms with E-state index in [1.165, 1.54) is 11.1 Å². The van der Waals surface area contributed by atoms with Crippen LogP contribution < -0.4 is 4.74 Å². The predicted molar refractivity (Wildman–Crippen MR) is 93.3 cm³/mol. The number of hydrogen-bond donors (Lipinski definition) is 0. The van der Waals surface area contributed by atoms with E-state index < -0.39 is 0 Å². The zero-order valence-corrected chi connectivity index (χ0v) is 14.9. The maximum Gasteiger partial charge on any atom is 0.164 e. The van der Waals surface area contributed by atoms with Crippen LogP contribution in [-0.2, 0) is 15.7 Å². The second-order valence-electron chi connectivity index (χ2n) is 7.28. The van der Waals surface area contributed by atoms with Crippen LogP contribution in [0.25, 0.3) is 5.57 Å². The van der Waals surface area contributed by atoms with Crippen molar-refractivity contribution >= 4 is 20.8 Å². The Kier molecular flexibility index (Phi) is 3.62. The Labute approximate surface area is 139 Å². The van der Waals surface area contributed by atoms with Crippen LogP contribution in [0.3, 0.4) is 0 Å². The Morgan fingerprint density at radius 1 is 1.26 bits per heavy atom. The van der Waals surface area contributed by atoms with Crippen molar-refractivity contribution in [2.45, 2.75) is 45.1 Å². The minimum absolute atomic E-state index is 0.0400. The number of methoxy groups -OCH3 is 1. The molecule has 1 aromatic carbocycles. The Balaban J connectivity index is 1.83. The molecule has 1 fully saturated rings. The van der Waals surface area contributed by atoms with Crippen molar-refractivity contribution in [1.29, 1.82) is 0 Å². The number of rotatable bonds is 2. The number of Topliss-reactive ketones (excluding diaryl/α,β-unsaturated/α-hetero) is 1. The van der Waals surface area contributed by atoms with Gasteiger partial charge in [0.2, 0.25) is 0 Å². The summed E-state index contributed by atoms with van der Waals surface area (Å²) in [5, 5.41) is 0. The first-order chi connectivity index (χ1) is 11.1. The van der Waals surface area contributed by atoms with Crippen molar-refractivity contribution in [3.05, 3.63) is 34.9 Å². The molecule has 3 aliphatic carbocycles. The maximum atomic E-state index is 13.0. The standard InChI is InChI=1S/C19H23O3P/c1-19-10-16(20)18-13-6-4-12(21-2)9-11(13)3-5-14(18)15(19)7-8-17(19)22-23/h4,6,9,15,17H,3,5,7-8,10,23H2,1-2H3/t15?,17-,19-/m0/s1. The van der Waals surface area contributed by atoms with Crippen LogP contribution in [-0.4, -0.2) is 19.0 Å². The molecule has 4 atom stereocenters. The van der Waals surface area contributed by atoms with E-state index in [9.17, 15) is 4.79 Å². The molecular weight excluding hydrogens is 307 g/mol. The summed E-state index contributed by atoms with van der Waals surface area (Å²) in [6.45, 7) is 2.24. The van der Waals surface area contributed by atoms with E-state index in [1.54, 1.807) is 7.11 Å². The largest absolute Gasteiger partial charge is 0.497 e. The van der Waals surface area contributed by atoms with Crippen molar-refractivity contribution in [2.24, 2.45) is 11.3 Å². The SMILES string of the molecule is COc1ccc2c(c1)CCC1=C2C(=O)C[C@@]2(C)C1CC[C@@H]2OP. The zero-order chi connectivity index (χ0) is 16.2. The molecule has 0 bridgehead atoms. The molecule has 1 saturated carbocycles. The molecule has 0 saturated heterocycles. The number of fused-ring (bicyclic) bond motifs is 4. The zero-order valence-electron chi connectivity index (χ0n) is 13.7. The fraction of sp³-hybridized carbons (Fsp3) is 0.526. The summed E-state index contributed by atoms with van der Waals surface area (Å²) in [5.74, 6) is 1.65. The van der Waals surface area contributed by atoms with Crippen LogP contribution in [0.4, 0.5) is 0 Å². The molecule has 2 unspecified atom stereocenters. The van der Waals surface area contributed by atoms with E-state index in [2.05, 4.69) is 28.5 Å². The second kappa shape index (κ2) is 5.43. The molecular formula is C19H23O3P. The highest BCUT2D eigenvalue weighted by molar-refractivity contribution is 7.09. The number of hydrogen-bond acceptors (Lipinski definition) is 3. The Morgan fingerprint density at radius 2 is 2.09 bits per heavy atom. The van der Waals surface area contributed by atoms with Crippen LogP contribution in [0.1, 0.15) is 43.7 Å². The van der Waals surface area contributed by atoms with Crippen LogP contribution in [0.5, 0.6) is 5.75 Å². The van der Waals surface area contributed by atoms with Gasteiger partial charge in [-0.05, 0) is 54.9 Å². The van der Waals surface area contributed by atoms with E-state index >= 15 is 0 Å². The lowest BCUT2D eigenvalue weighted by atomic mass is 9.62. The van der Waals surface area contributed by atoms with Gasteiger partial charge in [0.25, 0.3) is 0 Å². The quantitative estimate of drug-likeness (QED) is 0.770. The molecule has 0 aliphatic heterocycles. The number of allylic oxidation sites excluding steroid dienone is 2. The lowest BCUT2D eigenvalue weighted by Crippen LogP contribution is -2.40. The Morgan fingerprint density at radius 3 is 2.83 bits per heavy atom. The van der Waals surface area contributed by atoms with Crippen molar-refractivity contribution in [3.8, 4) is 5.75 Å². The molecule has 3 aliphatic rings. The van der Waals surface area contributed by atoms with E-state index in [0.29, 0.717) is 18.1 Å². The molecule has 0 amide bonds. The summed E-state index contributed by atoms with van der Waals surface area (Å²) in [4.78, 5) is 13.0. The molecule has 0 spiro atoms. The second-order valence-corrected chi connectivity index (χ2v) is 7.56. The van der Waals surface area contributed by atoms with Gasteiger partial charge in [-0.1, -0.05) is 18.6 Å². The first-order valence-electron chi connectivity index (χ1n) is 8.37. The predicted octanol–water partition coefficient (Wildman–Crippen LogP) is 3.96. The fourth-order valence-corrected chi connectivity index (χ4v) is 5.51. The Hall–Kier alpha value is -1.18. The third-order valence-electron chi connectivity index (χ3n) is 6.22. The monoisotopic (exact) mass is 330 g/mol. The van der Waals surface area contributed by atoms with Crippen molar-refractivity contribution in [3.63, 3.8) is 0 Å². The van der Waals surface area contributed by atoms with Gasteiger partial charge in [-0.25, -0.2) is 0 Å². The smallest absolute Gasteiger partial charge is 0.164 e. The molecule has 4 rings (SSSR count). The lowest BCUT2D eigenvalue weighted by Gasteiger charge is -2.43. The summed E-state index contributed by atoms with van der Waals surface area (Å²) >= 11 is 0. The summed E-state index contributed by atoms with van der Waals surface area (Å²) in [6.07, 6.45) is 4.94. The highest BCUT2D eigenvalue weighted by atomic mass is 31.0. The van der Waals surface area contributed by atoms with Crippen LogP contribution in [0.15, 0.2) is 23.8 Å². The molecule has 0 heterocycles. The number of ether oxygens (including phenoxy) is 1. The topological polar surface area (TPSA) is 35.5 Å². The van der Waals surface area contributed by atoms with Crippen molar-refractivity contribution in [1.82, 2.24) is 0 Å². The number of carbonyl (C=O) groups excluding carboxylic acids is 1. The normalized spacial score (nSPS) is 32.4. The summed E-state index contributed by atoms with van der Waals surface area (Å²) in [6, 6.07) is 6.13. The minimum atomic E-state index is -0.0400. The van der Waals surface area contributed by atoms with E-state index in [-0.39, 0.29) is 11.5 Å². The summed E-state index contributed by atoms with van der Waals surface area (Å²) < 4.78 is 11.0. The number of ketones is 1. The lowest BCUT2D eigenvalue weighted by molar-refractivity contribution is -0.118. The Bertz CT molecular complexity index is 709.